The lowest BCUT2D eigenvalue weighted by Gasteiger charge is -2.36. The maximum atomic E-state index is 12.7. The molecule has 1 fully saturated rings. The minimum absolute atomic E-state index is 0.0210. The maximum Gasteiger partial charge on any atom is 0.223 e. The van der Waals surface area contributed by atoms with E-state index in [1.165, 1.54) is 15.6 Å². The van der Waals surface area contributed by atoms with Crippen LogP contribution in [0.15, 0.2) is 22.7 Å². The Morgan fingerprint density at radius 1 is 1.32 bits per heavy atom. The van der Waals surface area contributed by atoms with Gasteiger partial charge in [-0.1, -0.05) is 48.8 Å². The number of fused-ring (bicyclic) bond motifs is 2. The molecule has 1 aromatic carbocycles. The SMILES string of the molecule is CC(C)(C)[Si](C)(C)OCCN1CC2(CCc3c(Br)cccc32)CC1=O. The van der Waals surface area contributed by atoms with E-state index in [1.54, 1.807) is 0 Å². The molecule has 0 radical (unpaired) electrons. The number of hydrogen-bond donors (Lipinski definition) is 0. The van der Waals surface area contributed by atoms with Crippen LogP contribution in [0.4, 0.5) is 0 Å². The molecule has 1 amide bonds. The van der Waals surface area contributed by atoms with E-state index in [9.17, 15) is 4.79 Å². The van der Waals surface area contributed by atoms with Gasteiger partial charge >= 0.3 is 0 Å². The molecule has 0 aromatic heterocycles. The summed E-state index contributed by atoms with van der Waals surface area (Å²) in [6.07, 6.45) is 2.80. The average Bonchev–Trinajstić information content (AvgIpc) is 3.01. The van der Waals surface area contributed by atoms with E-state index in [-0.39, 0.29) is 16.4 Å². The summed E-state index contributed by atoms with van der Waals surface area (Å²) in [6, 6.07) is 6.43. The first-order valence-corrected chi connectivity index (χ1v) is 13.0. The fourth-order valence-corrected chi connectivity index (χ4v) is 5.50. The van der Waals surface area contributed by atoms with Crippen molar-refractivity contribution in [2.24, 2.45) is 0 Å². The van der Waals surface area contributed by atoms with Crippen LogP contribution in [0, 0.1) is 0 Å². The molecule has 1 unspecified atom stereocenters. The summed E-state index contributed by atoms with van der Waals surface area (Å²) in [6.45, 7) is 13.5. The van der Waals surface area contributed by atoms with Crippen LogP contribution in [-0.4, -0.2) is 38.8 Å². The zero-order valence-corrected chi connectivity index (χ0v) is 18.7. The Hall–Kier alpha value is -0.653. The monoisotopic (exact) mass is 423 g/mol. The van der Waals surface area contributed by atoms with Crippen molar-refractivity contribution in [1.29, 1.82) is 0 Å². The van der Waals surface area contributed by atoms with Gasteiger partial charge in [-0.25, -0.2) is 0 Å². The van der Waals surface area contributed by atoms with Crippen LogP contribution in [0.25, 0.3) is 0 Å². The molecule has 0 bridgehead atoms. The van der Waals surface area contributed by atoms with Crippen molar-refractivity contribution in [2.45, 2.75) is 63.6 Å². The van der Waals surface area contributed by atoms with E-state index in [2.05, 4.69) is 68.0 Å². The topological polar surface area (TPSA) is 29.5 Å². The van der Waals surface area contributed by atoms with Gasteiger partial charge in [-0.2, -0.15) is 0 Å². The minimum atomic E-state index is -1.75. The first-order chi connectivity index (χ1) is 11.6. The molecule has 1 aliphatic heterocycles. The van der Waals surface area contributed by atoms with Gasteiger partial charge in [0.1, 0.15) is 0 Å². The van der Waals surface area contributed by atoms with Crippen LogP contribution < -0.4 is 0 Å². The minimum Gasteiger partial charge on any atom is -0.415 e. The van der Waals surface area contributed by atoms with Crippen LogP contribution >= 0.6 is 15.9 Å². The van der Waals surface area contributed by atoms with Crippen LogP contribution in [0.5, 0.6) is 0 Å². The highest BCUT2D eigenvalue weighted by molar-refractivity contribution is 9.10. The van der Waals surface area contributed by atoms with Crippen LogP contribution in [-0.2, 0) is 21.1 Å². The summed E-state index contributed by atoms with van der Waals surface area (Å²) < 4.78 is 7.47. The number of carbonyl (C=O) groups excluding carboxylic acids is 1. The van der Waals surface area contributed by atoms with Crippen molar-refractivity contribution < 1.29 is 9.22 Å². The van der Waals surface area contributed by atoms with Gasteiger partial charge in [0.05, 0.1) is 6.61 Å². The second-order valence-corrected chi connectivity index (χ2v) is 14.8. The van der Waals surface area contributed by atoms with Gasteiger partial charge < -0.3 is 9.33 Å². The normalized spacial score (nSPS) is 23.6. The molecule has 25 heavy (non-hydrogen) atoms. The van der Waals surface area contributed by atoms with Crippen molar-refractivity contribution in [3.63, 3.8) is 0 Å². The molecule has 3 rings (SSSR count). The van der Waals surface area contributed by atoms with Gasteiger partial charge in [0.2, 0.25) is 5.91 Å². The van der Waals surface area contributed by atoms with E-state index in [0.717, 1.165) is 25.9 Å². The molecule has 5 heteroatoms. The lowest BCUT2D eigenvalue weighted by Crippen LogP contribution is -2.43. The fourth-order valence-electron chi connectivity index (χ4n) is 3.90. The molecule has 1 saturated heterocycles. The zero-order valence-electron chi connectivity index (χ0n) is 16.1. The summed E-state index contributed by atoms with van der Waals surface area (Å²) >= 11 is 3.68. The summed E-state index contributed by atoms with van der Waals surface area (Å²) in [5.41, 5.74) is 2.80. The quantitative estimate of drug-likeness (QED) is 0.645. The Labute approximate surface area is 161 Å². The highest BCUT2D eigenvalue weighted by Gasteiger charge is 2.48. The average molecular weight is 424 g/mol. The molecule has 0 saturated carbocycles. The molecule has 1 atom stereocenters. The molecule has 138 valence electrons. The number of halogens is 1. The summed E-state index contributed by atoms with van der Waals surface area (Å²) in [4.78, 5) is 14.7. The molecule has 1 aliphatic carbocycles. The first kappa shape index (κ1) is 19.1. The summed E-state index contributed by atoms with van der Waals surface area (Å²) in [7, 11) is -1.75. The molecule has 1 spiro atoms. The highest BCUT2D eigenvalue weighted by atomic mass is 79.9. The number of rotatable bonds is 4. The van der Waals surface area contributed by atoms with Crippen molar-refractivity contribution >= 4 is 30.2 Å². The Morgan fingerprint density at radius 2 is 2.04 bits per heavy atom. The first-order valence-electron chi connectivity index (χ1n) is 9.25. The predicted molar refractivity (Wildman–Crippen MR) is 108 cm³/mol. The van der Waals surface area contributed by atoms with Gasteiger partial charge in [-0.3, -0.25) is 4.79 Å². The Morgan fingerprint density at radius 3 is 2.72 bits per heavy atom. The maximum absolute atomic E-state index is 12.7. The van der Waals surface area contributed by atoms with Crippen molar-refractivity contribution in [2.75, 3.05) is 19.7 Å². The second kappa shape index (κ2) is 6.50. The van der Waals surface area contributed by atoms with E-state index in [4.69, 9.17) is 4.43 Å². The van der Waals surface area contributed by atoms with Crippen molar-refractivity contribution in [1.82, 2.24) is 4.90 Å². The molecule has 1 aromatic rings. The molecular weight excluding hydrogens is 394 g/mol. The van der Waals surface area contributed by atoms with Crippen molar-refractivity contribution in [3.05, 3.63) is 33.8 Å². The van der Waals surface area contributed by atoms with Gasteiger partial charge in [-0.05, 0) is 48.2 Å². The van der Waals surface area contributed by atoms with E-state index < -0.39 is 8.32 Å². The number of benzene rings is 1. The number of amides is 1. The summed E-state index contributed by atoms with van der Waals surface area (Å²) in [5.74, 6) is 0.284. The van der Waals surface area contributed by atoms with Gasteiger partial charge in [-0.15, -0.1) is 0 Å². The Bertz CT molecular complexity index is 683. The van der Waals surface area contributed by atoms with Crippen LogP contribution in [0.1, 0.15) is 44.7 Å². The molecule has 1 heterocycles. The van der Waals surface area contributed by atoms with E-state index in [1.807, 2.05) is 4.90 Å². The van der Waals surface area contributed by atoms with Gasteiger partial charge in [0.25, 0.3) is 0 Å². The largest absolute Gasteiger partial charge is 0.415 e. The third-order valence-corrected chi connectivity index (χ3v) is 11.8. The number of hydrogen-bond acceptors (Lipinski definition) is 2. The molecule has 0 N–H and O–H groups in total. The predicted octanol–water partition coefficient (Wildman–Crippen LogP) is 4.89. The van der Waals surface area contributed by atoms with Crippen LogP contribution in [0.3, 0.4) is 0 Å². The Balaban J connectivity index is 1.66. The van der Waals surface area contributed by atoms with Crippen LogP contribution in [0.2, 0.25) is 18.1 Å². The van der Waals surface area contributed by atoms with E-state index >= 15 is 0 Å². The second-order valence-electron chi connectivity index (χ2n) is 9.15. The highest BCUT2D eigenvalue weighted by Crippen LogP contribution is 2.47. The fraction of sp³-hybridized carbons (Fsp3) is 0.650. The van der Waals surface area contributed by atoms with Crippen molar-refractivity contribution in [3.8, 4) is 0 Å². The number of likely N-dealkylation sites (tertiary alicyclic amines) is 1. The molecule has 3 nitrogen and oxygen atoms in total. The van der Waals surface area contributed by atoms with E-state index in [0.29, 0.717) is 13.0 Å². The lowest BCUT2D eigenvalue weighted by atomic mass is 9.81. The van der Waals surface area contributed by atoms with Gasteiger partial charge in [0.15, 0.2) is 8.32 Å². The standard InChI is InChI=1S/C20H30BrNO2Si/c1-19(2,3)25(4,5)24-12-11-22-14-20(13-18(22)23)10-9-15-16(20)7-6-8-17(15)21/h6-8H,9-14H2,1-5H3. The molecular formula is C20H30BrNO2Si. The number of carbonyl (C=O) groups is 1. The molecule has 2 aliphatic rings. The number of nitrogens with zero attached hydrogens (tertiary/aromatic N) is 1. The van der Waals surface area contributed by atoms with Gasteiger partial charge in [0, 0.05) is 29.4 Å². The summed E-state index contributed by atoms with van der Waals surface area (Å²) in [5, 5.41) is 0.208. The smallest absolute Gasteiger partial charge is 0.223 e. The lowest BCUT2D eigenvalue weighted by molar-refractivity contribution is -0.128. The zero-order chi connectivity index (χ0) is 18.5. The third kappa shape index (κ3) is 3.47. The third-order valence-electron chi connectivity index (χ3n) is 6.51. The Kier molecular flexibility index (Phi) is 4.97.